The third-order valence-electron chi connectivity index (χ3n) is 7.95. The number of ether oxygens (including phenoxy) is 3. The summed E-state index contributed by atoms with van der Waals surface area (Å²) in [6.07, 6.45) is 6.11. The summed E-state index contributed by atoms with van der Waals surface area (Å²) >= 11 is 0. The molecule has 166 valence electrons. The summed E-state index contributed by atoms with van der Waals surface area (Å²) in [6, 6.07) is 16.5. The molecule has 2 fully saturated rings. The van der Waals surface area contributed by atoms with Crippen molar-refractivity contribution in [1.29, 1.82) is 0 Å². The molecule has 4 heteroatoms. The van der Waals surface area contributed by atoms with Gasteiger partial charge < -0.3 is 19.5 Å². The van der Waals surface area contributed by atoms with Gasteiger partial charge in [-0.3, -0.25) is 0 Å². The molecule has 0 amide bonds. The van der Waals surface area contributed by atoms with Crippen LogP contribution in [-0.2, 0) is 0 Å². The molecular weight excluding hydrogens is 386 g/mol. The SMILES string of the molecule is COc1ccccc1O[C@H](CCNCCC1CCOc2ccccc21)C[C@]12CC1[C@H]2C. The number of hydrogen-bond donors (Lipinski definition) is 1. The summed E-state index contributed by atoms with van der Waals surface area (Å²) in [5.41, 5.74) is 1.95. The Hall–Kier alpha value is -2.20. The lowest BCUT2D eigenvalue weighted by atomic mass is 9.90. The Morgan fingerprint density at radius 3 is 2.65 bits per heavy atom. The molecule has 2 saturated carbocycles. The first-order valence-electron chi connectivity index (χ1n) is 11.9. The lowest BCUT2D eigenvalue weighted by molar-refractivity contribution is 0.153. The molecular formula is C27H35NO3. The average Bonchev–Trinajstić information content (AvgIpc) is 3.68. The molecule has 5 atom stereocenters. The molecule has 2 aromatic carbocycles. The van der Waals surface area contributed by atoms with Crippen LogP contribution in [0.2, 0.25) is 0 Å². The van der Waals surface area contributed by atoms with Crippen molar-refractivity contribution in [2.75, 3.05) is 26.8 Å². The van der Waals surface area contributed by atoms with Crippen LogP contribution in [-0.4, -0.2) is 32.9 Å². The predicted octanol–water partition coefficient (Wildman–Crippen LogP) is 5.42. The Bertz CT molecular complexity index is 894. The first-order valence-corrected chi connectivity index (χ1v) is 11.9. The van der Waals surface area contributed by atoms with E-state index in [1.54, 1.807) is 7.11 Å². The highest BCUT2D eigenvalue weighted by Crippen LogP contribution is 2.81. The lowest BCUT2D eigenvalue weighted by Crippen LogP contribution is -2.28. The molecule has 0 saturated heterocycles. The van der Waals surface area contributed by atoms with Gasteiger partial charge in [-0.25, -0.2) is 0 Å². The topological polar surface area (TPSA) is 39.7 Å². The van der Waals surface area contributed by atoms with Crippen LogP contribution in [0.25, 0.3) is 0 Å². The zero-order valence-electron chi connectivity index (χ0n) is 18.8. The lowest BCUT2D eigenvalue weighted by Gasteiger charge is -2.26. The zero-order valence-corrected chi connectivity index (χ0v) is 18.8. The van der Waals surface area contributed by atoms with Crippen molar-refractivity contribution < 1.29 is 14.2 Å². The molecule has 3 aliphatic rings. The molecule has 5 rings (SSSR count). The van der Waals surface area contributed by atoms with E-state index in [1.165, 1.54) is 18.4 Å². The Balaban J connectivity index is 1.12. The largest absolute Gasteiger partial charge is 0.493 e. The van der Waals surface area contributed by atoms with Crippen LogP contribution < -0.4 is 19.5 Å². The summed E-state index contributed by atoms with van der Waals surface area (Å²) in [4.78, 5) is 0. The average molecular weight is 422 g/mol. The number of para-hydroxylation sites is 3. The highest BCUT2D eigenvalue weighted by molar-refractivity contribution is 5.40. The first-order chi connectivity index (χ1) is 15.2. The summed E-state index contributed by atoms with van der Waals surface area (Å²) < 4.78 is 17.8. The molecule has 0 bridgehead atoms. The van der Waals surface area contributed by atoms with Gasteiger partial charge in [-0.15, -0.1) is 0 Å². The molecule has 0 aromatic heterocycles. The fourth-order valence-electron chi connectivity index (χ4n) is 5.68. The molecule has 4 nitrogen and oxygen atoms in total. The normalized spacial score (nSPS) is 28.6. The van der Waals surface area contributed by atoms with Gasteiger partial charge in [0.15, 0.2) is 11.5 Å². The molecule has 1 heterocycles. The number of methoxy groups -OCH3 is 1. The van der Waals surface area contributed by atoms with E-state index in [4.69, 9.17) is 14.2 Å². The fraction of sp³-hybridized carbons (Fsp3) is 0.556. The van der Waals surface area contributed by atoms with Crippen molar-refractivity contribution >= 4 is 0 Å². The van der Waals surface area contributed by atoms with Gasteiger partial charge in [0.25, 0.3) is 0 Å². The van der Waals surface area contributed by atoms with E-state index in [9.17, 15) is 0 Å². The fourth-order valence-corrected chi connectivity index (χ4v) is 5.68. The van der Waals surface area contributed by atoms with Gasteiger partial charge in [-0.2, -0.15) is 0 Å². The van der Waals surface area contributed by atoms with Crippen LogP contribution in [0.5, 0.6) is 17.2 Å². The number of benzene rings is 2. The Kier molecular flexibility index (Phi) is 5.83. The molecule has 0 radical (unpaired) electrons. The van der Waals surface area contributed by atoms with E-state index in [0.717, 1.165) is 68.0 Å². The summed E-state index contributed by atoms with van der Waals surface area (Å²) in [5, 5.41) is 3.69. The number of rotatable bonds is 11. The quantitative estimate of drug-likeness (QED) is 0.492. The van der Waals surface area contributed by atoms with E-state index in [-0.39, 0.29) is 6.10 Å². The Morgan fingerprint density at radius 1 is 1.10 bits per heavy atom. The highest BCUT2D eigenvalue weighted by Gasteiger charge is 2.76. The predicted molar refractivity (Wildman–Crippen MR) is 123 cm³/mol. The van der Waals surface area contributed by atoms with Gasteiger partial charge in [0.05, 0.1) is 13.7 Å². The number of hydrogen-bond acceptors (Lipinski definition) is 4. The number of fused-ring (bicyclic) bond motifs is 2. The second kappa shape index (κ2) is 8.74. The van der Waals surface area contributed by atoms with Crippen LogP contribution in [0.3, 0.4) is 0 Å². The summed E-state index contributed by atoms with van der Waals surface area (Å²) in [7, 11) is 1.71. The van der Waals surface area contributed by atoms with Crippen molar-refractivity contribution in [2.45, 2.75) is 51.0 Å². The highest BCUT2D eigenvalue weighted by atomic mass is 16.5. The maximum atomic E-state index is 6.49. The minimum atomic E-state index is 0.238. The zero-order chi connectivity index (χ0) is 21.3. The second-order valence-electron chi connectivity index (χ2n) is 9.63. The van der Waals surface area contributed by atoms with Crippen molar-refractivity contribution in [3.8, 4) is 17.2 Å². The maximum Gasteiger partial charge on any atom is 0.161 e. The third-order valence-corrected chi connectivity index (χ3v) is 7.95. The van der Waals surface area contributed by atoms with E-state index >= 15 is 0 Å². The Labute approximate surface area is 186 Å². The Morgan fingerprint density at radius 2 is 1.87 bits per heavy atom. The second-order valence-corrected chi connectivity index (χ2v) is 9.63. The molecule has 2 unspecified atom stereocenters. The minimum Gasteiger partial charge on any atom is -0.493 e. The van der Waals surface area contributed by atoms with Crippen LogP contribution in [0.4, 0.5) is 0 Å². The van der Waals surface area contributed by atoms with Crippen LogP contribution in [0.1, 0.15) is 50.5 Å². The molecule has 1 N–H and O–H groups in total. The van der Waals surface area contributed by atoms with Gasteiger partial charge in [-0.1, -0.05) is 37.3 Å². The van der Waals surface area contributed by atoms with Crippen molar-refractivity contribution in [1.82, 2.24) is 5.32 Å². The van der Waals surface area contributed by atoms with Gasteiger partial charge in [0.1, 0.15) is 11.9 Å². The van der Waals surface area contributed by atoms with Gasteiger partial charge in [0, 0.05) is 0 Å². The molecule has 2 aromatic rings. The maximum absolute atomic E-state index is 6.49. The number of nitrogens with one attached hydrogen (secondary N) is 1. The van der Waals surface area contributed by atoms with E-state index in [1.807, 2.05) is 24.3 Å². The van der Waals surface area contributed by atoms with Gasteiger partial charge in [0.2, 0.25) is 0 Å². The third kappa shape index (κ3) is 4.27. The minimum absolute atomic E-state index is 0.238. The van der Waals surface area contributed by atoms with Crippen molar-refractivity contribution in [3.63, 3.8) is 0 Å². The molecule has 0 spiro atoms. The van der Waals surface area contributed by atoms with Crippen molar-refractivity contribution in [3.05, 3.63) is 54.1 Å². The van der Waals surface area contributed by atoms with E-state index < -0.39 is 0 Å². The first kappa shape index (κ1) is 20.7. The molecule has 31 heavy (non-hydrogen) atoms. The molecule has 2 aliphatic carbocycles. The van der Waals surface area contributed by atoms with Gasteiger partial charge in [-0.05, 0) is 92.1 Å². The smallest absolute Gasteiger partial charge is 0.161 e. The standard InChI is InChI=1S/C27H35NO3/c1-19-23-18-27(19,23)17-21(31-26-10-6-5-9-25(26)29-2)12-15-28-14-11-20-13-16-30-24-8-4-3-7-22(20)24/h3-10,19-21,23,28H,11-18H2,1-2H3/t19-,20?,21-,23?,27-/m1/s1. The monoisotopic (exact) mass is 421 g/mol. The van der Waals surface area contributed by atoms with Crippen molar-refractivity contribution in [2.24, 2.45) is 17.3 Å². The van der Waals surface area contributed by atoms with Crippen LogP contribution >= 0.6 is 0 Å². The van der Waals surface area contributed by atoms with E-state index in [0.29, 0.717) is 11.3 Å². The van der Waals surface area contributed by atoms with E-state index in [2.05, 4.69) is 36.5 Å². The summed E-state index contributed by atoms with van der Waals surface area (Å²) in [5.74, 6) is 5.20. The molecule has 1 aliphatic heterocycles. The van der Waals surface area contributed by atoms with Crippen LogP contribution in [0, 0.1) is 17.3 Å². The summed E-state index contributed by atoms with van der Waals surface area (Å²) in [6.45, 7) is 5.25. The van der Waals surface area contributed by atoms with Gasteiger partial charge >= 0.3 is 0 Å². The van der Waals surface area contributed by atoms with Crippen LogP contribution in [0.15, 0.2) is 48.5 Å².